The lowest BCUT2D eigenvalue weighted by molar-refractivity contribution is 0.102. The molecule has 4 rings (SSSR count). The lowest BCUT2D eigenvalue weighted by atomic mass is 10.2. The first-order valence-corrected chi connectivity index (χ1v) is 8.74. The van der Waals surface area contributed by atoms with Crippen LogP contribution in [0.3, 0.4) is 0 Å². The van der Waals surface area contributed by atoms with Crippen molar-refractivity contribution in [2.75, 3.05) is 16.8 Å². The van der Waals surface area contributed by atoms with Gasteiger partial charge in [0.1, 0.15) is 5.69 Å². The van der Waals surface area contributed by atoms with Gasteiger partial charge in [0, 0.05) is 22.4 Å². The number of hydrogen-bond donors (Lipinski definition) is 1. The number of benzene rings is 2. The van der Waals surface area contributed by atoms with Gasteiger partial charge in [0.2, 0.25) is 0 Å². The number of hydrogen-bond acceptors (Lipinski definition) is 4. The molecule has 0 atom stereocenters. The zero-order valence-electron chi connectivity index (χ0n) is 13.3. The summed E-state index contributed by atoms with van der Waals surface area (Å²) < 4.78 is 0.902. The van der Waals surface area contributed by atoms with E-state index in [1.54, 1.807) is 6.20 Å². The Kier molecular flexibility index (Phi) is 4.19. The highest BCUT2D eigenvalue weighted by Gasteiger charge is 2.21. The van der Waals surface area contributed by atoms with E-state index in [2.05, 4.69) is 48.2 Å². The minimum atomic E-state index is -0.279. The van der Waals surface area contributed by atoms with Crippen molar-refractivity contribution in [3.63, 3.8) is 0 Å². The molecule has 1 amide bonds. The molecule has 1 aliphatic rings. The van der Waals surface area contributed by atoms with Gasteiger partial charge in [-0.2, -0.15) is 0 Å². The van der Waals surface area contributed by atoms with E-state index in [1.807, 2.05) is 36.4 Å². The smallest absolute Gasteiger partial charge is 0.275 e. The third-order valence-corrected chi connectivity index (χ3v) is 4.61. The van der Waals surface area contributed by atoms with Gasteiger partial charge in [-0.25, -0.2) is 9.97 Å². The first-order chi connectivity index (χ1) is 12.2. The Morgan fingerprint density at radius 2 is 1.96 bits per heavy atom. The topological polar surface area (TPSA) is 58.1 Å². The Hall–Kier alpha value is -2.73. The monoisotopic (exact) mass is 394 g/mol. The summed E-state index contributed by atoms with van der Waals surface area (Å²) in [5, 5.41) is 2.82. The Labute approximate surface area is 153 Å². The summed E-state index contributed by atoms with van der Waals surface area (Å²) in [6.45, 7) is 0.873. The summed E-state index contributed by atoms with van der Waals surface area (Å²) in [5.74, 6) is 0.475. The van der Waals surface area contributed by atoms with Crippen LogP contribution in [0.25, 0.3) is 0 Å². The zero-order chi connectivity index (χ0) is 17.2. The Balaban J connectivity index is 1.52. The average Bonchev–Trinajstić information content (AvgIpc) is 3.06. The number of aromatic nitrogens is 2. The lowest BCUT2D eigenvalue weighted by Gasteiger charge is -2.17. The highest BCUT2D eigenvalue weighted by atomic mass is 79.9. The van der Waals surface area contributed by atoms with Crippen molar-refractivity contribution in [3.8, 4) is 0 Å². The number of anilines is 3. The molecular formula is C19H15BrN4O. The predicted octanol–water partition coefficient (Wildman–Crippen LogP) is 4.19. The molecule has 5 nitrogen and oxygen atoms in total. The summed E-state index contributed by atoms with van der Waals surface area (Å²) in [6.07, 6.45) is 4.16. The molecule has 0 bridgehead atoms. The number of carbonyl (C=O) groups is 1. The predicted molar refractivity (Wildman–Crippen MR) is 101 cm³/mol. The third kappa shape index (κ3) is 3.25. The Morgan fingerprint density at radius 1 is 1.08 bits per heavy atom. The minimum absolute atomic E-state index is 0.279. The van der Waals surface area contributed by atoms with Crippen molar-refractivity contribution < 1.29 is 4.79 Å². The maximum atomic E-state index is 12.3. The van der Waals surface area contributed by atoms with E-state index >= 15 is 0 Å². The molecule has 3 aromatic rings. The zero-order valence-corrected chi connectivity index (χ0v) is 14.9. The molecule has 0 radical (unpaired) electrons. The molecule has 1 aliphatic heterocycles. The molecule has 0 aliphatic carbocycles. The van der Waals surface area contributed by atoms with Crippen molar-refractivity contribution in [1.82, 2.24) is 9.97 Å². The number of carbonyl (C=O) groups excluding carboxylic acids is 1. The molecular weight excluding hydrogens is 380 g/mol. The van der Waals surface area contributed by atoms with E-state index in [-0.39, 0.29) is 11.6 Å². The molecule has 1 N–H and O–H groups in total. The second-order valence-electron chi connectivity index (χ2n) is 5.75. The molecule has 124 valence electrons. The van der Waals surface area contributed by atoms with Crippen LogP contribution in [0.5, 0.6) is 0 Å². The van der Waals surface area contributed by atoms with Crippen LogP contribution < -0.4 is 10.2 Å². The van der Waals surface area contributed by atoms with E-state index in [0.717, 1.165) is 28.9 Å². The second-order valence-corrected chi connectivity index (χ2v) is 6.67. The molecule has 0 spiro atoms. The van der Waals surface area contributed by atoms with Crippen LogP contribution in [0.4, 0.5) is 17.2 Å². The number of rotatable bonds is 3. The molecule has 0 saturated heterocycles. The fourth-order valence-corrected chi connectivity index (χ4v) is 3.31. The van der Waals surface area contributed by atoms with Gasteiger partial charge >= 0.3 is 0 Å². The summed E-state index contributed by atoms with van der Waals surface area (Å²) >= 11 is 3.38. The van der Waals surface area contributed by atoms with Crippen LogP contribution in [-0.4, -0.2) is 22.4 Å². The van der Waals surface area contributed by atoms with E-state index in [0.29, 0.717) is 5.69 Å². The van der Waals surface area contributed by atoms with Gasteiger partial charge in [-0.1, -0.05) is 40.2 Å². The van der Waals surface area contributed by atoms with Crippen molar-refractivity contribution >= 4 is 39.0 Å². The number of nitrogens with zero attached hydrogens (tertiary/aromatic N) is 3. The minimum Gasteiger partial charge on any atom is -0.325 e. The van der Waals surface area contributed by atoms with Gasteiger partial charge in [0.25, 0.3) is 5.91 Å². The van der Waals surface area contributed by atoms with Crippen LogP contribution in [0, 0.1) is 0 Å². The van der Waals surface area contributed by atoms with Gasteiger partial charge in [-0.05, 0) is 36.2 Å². The number of para-hydroxylation sites is 1. The molecule has 2 heterocycles. The second kappa shape index (κ2) is 6.64. The van der Waals surface area contributed by atoms with Crippen LogP contribution in [0.1, 0.15) is 16.1 Å². The summed E-state index contributed by atoms with van der Waals surface area (Å²) in [4.78, 5) is 23.2. The molecule has 0 fully saturated rings. The van der Waals surface area contributed by atoms with E-state index < -0.39 is 0 Å². The van der Waals surface area contributed by atoms with Crippen LogP contribution >= 0.6 is 15.9 Å². The summed E-state index contributed by atoms with van der Waals surface area (Å²) in [7, 11) is 0. The number of nitrogens with one attached hydrogen (secondary N) is 1. The van der Waals surface area contributed by atoms with Crippen molar-refractivity contribution in [3.05, 3.63) is 76.7 Å². The number of halogens is 1. The summed E-state index contributed by atoms with van der Waals surface area (Å²) in [6, 6.07) is 15.7. The first kappa shape index (κ1) is 15.8. The van der Waals surface area contributed by atoms with Crippen molar-refractivity contribution in [1.29, 1.82) is 0 Å². The third-order valence-electron chi connectivity index (χ3n) is 4.12. The van der Waals surface area contributed by atoms with E-state index in [4.69, 9.17) is 0 Å². The van der Waals surface area contributed by atoms with Gasteiger partial charge in [-0.3, -0.25) is 4.79 Å². The van der Waals surface area contributed by atoms with Gasteiger partial charge < -0.3 is 10.2 Å². The average molecular weight is 395 g/mol. The maximum absolute atomic E-state index is 12.3. The van der Waals surface area contributed by atoms with Crippen LogP contribution in [0.2, 0.25) is 0 Å². The van der Waals surface area contributed by atoms with Crippen molar-refractivity contribution in [2.45, 2.75) is 6.42 Å². The standard InChI is InChI=1S/C19H15BrN4O/c20-14-5-3-6-15(10-14)23-19(25)16-11-22-18(12-21-16)24-9-8-13-4-1-2-7-17(13)24/h1-7,10-12H,8-9H2,(H,23,25). The van der Waals surface area contributed by atoms with E-state index in [9.17, 15) is 4.79 Å². The number of amides is 1. The fourth-order valence-electron chi connectivity index (χ4n) is 2.92. The molecule has 1 aromatic heterocycles. The van der Waals surface area contributed by atoms with Gasteiger partial charge in [0.15, 0.2) is 5.82 Å². The molecule has 0 unspecified atom stereocenters. The largest absolute Gasteiger partial charge is 0.325 e. The van der Waals surface area contributed by atoms with Crippen LogP contribution in [-0.2, 0) is 6.42 Å². The van der Waals surface area contributed by atoms with Crippen molar-refractivity contribution in [2.24, 2.45) is 0 Å². The first-order valence-electron chi connectivity index (χ1n) is 7.95. The SMILES string of the molecule is O=C(Nc1cccc(Br)c1)c1cnc(N2CCc3ccccc32)cn1. The molecule has 6 heteroatoms. The highest BCUT2D eigenvalue weighted by molar-refractivity contribution is 9.10. The summed E-state index contributed by atoms with van der Waals surface area (Å²) in [5.41, 5.74) is 3.46. The lowest BCUT2D eigenvalue weighted by Crippen LogP contribution is -2.18. The fraction of sp³-hybridized carbons (Fsp3) is 0.105. The Bertz CT molecular complexity index is 927. The highest BCUT2D eigenvalue weighted by Crippen LogP contribution is 2.32. The maximum Gasteiger partial charge on any atom is 0.275 e. The van der Waals surface area contributed by atoms with Gasteiger partial charge in [-0.15, -0.1) is 0 Å². The Morgan fingerprint density at radius 3 is 2.76 bits per heavy atom. The van der Waals surface area contributed by atoms with Gasteiger partial charge in [0.05, 0.1) is 12.4 Å². The quantitative estimate of drug-likeness (QED) is 0.723. The molecule has 25 heavy (non-hydrogen) atoms. The van der Waals surface area contributed by atoms with Crippen LogP contribution in [0.15, 0.2) is 65.4 Å². The number of fused-ring (bicyclic) bond motifs is 1. The normalized spacial score (nSPS) is 12.8. The van der Waals surface area contributed by atoms with E-state index in [1.165, 1.54) is 11.8 Å². The molecule has 0 saturated carbocycles. The molecule has 2 aromatic carbocycles.